The van der Waals surface area contributed by atoms with Crippen molar-refractivity contribution in [1.82, 2.24) is 5.32 Å². The first-order valence-corrected chi connectivity index (χ1v) is 5.31. The van der Waals surface area contributed by atoms with E-state index in [1.54, 1.807) is 0 Å². The third-order valence-electron chi connectivity index (χ3n) is 2.19. The fourth-order valence-electron chi connectivity index (χ4n) is 1.30. The normalized spacial score (nSPS) is 14.2. The molecule has 0 heterocycles. The van der Waals surface area contributed by atoms with Crippen LogP contribution in [0.4, 0.5) is 13.2 Å². The van der Waals surface area contributed by atoms with E-state index in [1.165, 1.54) is 0 Å². The van der Waals surface area contributed by atoms with Gasteiger partial charge in [-0.25, -0.2) is 0 Å². The summed E-state index contributed by atoms with van der Waals surface area (Å²) in [6.07, 6.45) is -0.403. The molecular formula is C10H20F3NO. The summed E-state index contributed by atoms with van der Waals surface area (Å²) in [7, 11) is 1.82. The van der Waals surface area contributed by atoms with Gasteiger partial charge in [0.15, 0.2) is 0 Å². The number of hydrogen-bond donors (Lipinski definition) is 1. The summed E-state index contributed by atoms with van der Waals surface area (Å²) in [5.41, 5.74) is 0. The highest BCUT2D eigenvalue weighted by atomic mass is 19.4. The number of alkyl halides is 3. The summed E-state index contributed by atoms with van der Waals surface area (Å²) in [6, 6.07) is 0.262. The summed E-state index contributed by atoms with van der Waals surface area (Å²) in [5, 5.41) is 3.07. The summed E-state index contributed by atoms with van der Waals surface area (Å²) in [6.45, 7) is 1.11. The Kier molecular flexibility index (Phi) is 7.78. The van der Waals surface area contributed by atoms with Crippen molar-refractivity contribution in [2.45, 2.75) is 44.8 Å². The highest BCUT2D eigenvalue weighted by molar-refractivity contribution is 4.63. The zero-order valence-corrected chi connectivity index (χ0v) is 9.36. The molecular weight excluding hydrogens is 207 g/mol. The van der Waals surface area contributed by atoms with Gasteiger partial charge in [-0.2, -0.15) is 13.2 Å². The Morgan fingerprint density at radius 2 is 1.93 bits per heavy atom. The van der Waals surface area contributed by atoms with E-state index >= 15 is 0 Å². The molecule has 0 aliphatic carbocycles. The highest BCUT2D eigenvalue weighted by Crippen LogP contribution is 2.14. The number of unbranched alkanes of at least 4 members (excludes halogenated alkanes) is 1. The molecule has 5 heteroatoms. The summed E-state index contributed by atoms with van der Waals surface area (Å²) < 4.78 is 39.7. The van der Waals surface area contributed by atoms with E-state index in [9.17, 15) is 13.2 Å². The maximum Gasteiger partial charge on any atom is 0.411 e. The maximum atomic E-state index is 11.7. The molecule has 0 saturated carbocycles. The SMILES string of the molecule is CCCCC(CCOCC(F)(F)F)NC. The molecule has 92 valence electrons. The van der Waals surface area contributed by atoms with Crippen LogP contribution in [0.1, 0.15) is 32.6 Å². The van der Waals surface area contributed by atoms with Gasteiger partial charge in [-0.15, -0.1) is 0 Å². The van der Waals surface area contributed by atoms with Gasteiger partial charge in [0.25, 0.3) is 0 Å². The average molecular weight is 227 g/mol. The van der Waals surface area contributed by atoms with E-state index in [0.29, 0.717) is 6.42 Å². The predicted molar refractivity (Wildman–Crippen MR) is 53.9 cm³/mol. The van der Waals surface area contributed by atoms with Crippen LogP contribution in [0.3, 0.4) is 0 Å². The molecule has 0 aromatic heterocycles. The molecule has 0 aliphatic rings. The second-order valence-corrected chi connectivity index (χ2v) is 3.58. The molecule has 0 amide bonds. The molecule has 0 aliphatic heterocycles. The maximum absolute atomic E-state index is 11.7. The predicted octanol–water partition coefficient (Wildman–Crippen LogP) is 2.73. The van der Waals surface area contributed by atoms with E-state index in [-0.39, 0.29) is 12.6 Å². The largest absolute Gasteiger partial charge is 0.411 e. The Morgan fingerprint density at radius 1 is 1.27 bits per heavy atom. The summed E-state index contributed by atoms with van der Waals surface area (Å²) in [4.78, 5) is 0. The lowest BCUT2D eigenvalue weighted by molar-refractivity contribution is -0.174. The number of halogens is 3. The number of hydrogen-bond acceptors (Lipinski definition) is 2. The van der Waals surface area contributed by atoms with Gasteiger partial charge in [-0.3, -0.25) is 0 Å². The van der Waals surface area contributed by atoms with Crippen LogP contribution >= 0.6 is 0 Å². The van der Waals surface area contributed by atoms with Crippen molar-refractivity contribution in [3.63, 3.8) is 0 Å². The van der Waals surface area contributed by atoms with Gasteiger partial charge < -0.3 is 10.1 Å². The quantitative estimate of drug-likeness (QED) is 0.644. The minimum absolute atomic E-state index is 0.161. The third-order valence-corrected chi connectivity index (χ3v) is 2.19. The molecule has 0 radical (unpaired) electrons. The first-order valence-electron chi connectivity index (χ1n) is 5.31. The Balaban J connectivity index is 3.46. The topological polar surface area (TPSA) is 21.3 Å². The van der Waals surface area contributed by atoms with E-state index in [0.717, 1.165) is 19.3 Å². The Hall–Kier alpha value is -0.290. The highest BCUT2D eigenvalue weighted by Gasteiger charge is 2.27. The molecule has 1 N–H and O–H groups in total. The second kappa shape index (κ2) is 7.93. The van der Waals surface area contributed by atoms with Gasteiger partial charge in [0.05, 0.1) is 0 Å². The molecule has 0 fully saturated rings. The molecule has 0 spiro atoms. The van der Waals surface area contributed by atoms with Crippen molar-refractivity contribution in [3.05, 3.63) is 0 Å². The van der Waals surface area contributed by atoms with Crippen LogP contribution in [-0.2, 0) is 4.74 Å². The number of nitrogens with one attached hydrogen (secondary N) is 1. The zero-order chi connectivity index (χ0) is 11.7. The molecule has 1 atom stereocenters. The van der Waals surface area contributed by atoms with Gasteiger partial charge >= 0.3 is 6.18 Å². The van der Waals surface area contributed by atoms with Crippen molar-refractivity contribution in [2.75, 3.05) is 20.3 Å². The molecule has 0 aromatic rings. The van der Waals surface area contributed by atoms with Gasteiger partial charge in [0, 0.05) is 12.6 Å². The van der Waals surface area contributed by atoms with E-state index in [1.807, 2.05) is 7.05 Å². The first kappa shape index (κ1) is 14.7. The summed E-state index contributed by atoms with van der Waals surface area (Å²) >= 11 is 0. The summed E-state index contributed by atoms with van der Waals surface area (Å²) in [5.74, 6) is 0. The number of ether oxygens (including phenoxy) is 1. The van der Waals surface area contributed by atoms with Crippen LogP contribution < -0.4 is 5.32 Å². The zero-order valence-electron chi connectivity index (χ0n) is 9.36. The van der Waals surface area contributed by atoms with Crippen LogP contribution in [0, 0.1) is 0 Å². The fourth-order valence-corrected chi connectivity index (χ4v) is 1.30. The van der Waals surface area contributed by atoms with Gasteiger partial charge in [-0.05, 0) is 19.9 Å². The minimum atomic E-state index is -4.21. The van der Waals surface area contributed by atoms with E-state index in [4.69, 9.17) is 0 Å². The molecule has 0 saturated heterocycles. The van der Waals surface area contributed by atoms with Crippen LogP contribution in [0.5, 0.6) is 0 Å². The van der Waals surface area contributed by atoms with E-state index in [2.05, 4.69) is 17.0 Å². The Labute approximate surface area is 89.2 Å². The standard InChI is InChI=1S/C10H20F3NO/c1-3-4-5-9(14-2)6-7-15-8-10(11,12)13/h9,14H,3-8H2,1-2H3. The molecule has 0 bridgehead atoms. The van der Waals surface area contributed by atoms with Crippen molar-refractivity contribution in [1.29, 1.82) is 0 Å². The molecule has 15 heavy (non-hydrogen) atoms. The van der Waals surface area contributed by atoms with Crippen molar-refractivity contribution in [3.8, 4) is 0 Å². The van der Waals surface area contributed by atoms with Crippen LogP contribution in [-0.4, -0.2) is 32.5 Å². The Morgan fingerprint density at radius 3 is 2.40 bits per heavy atom. The van der Waals surface area contributed by atoms with Crippen LogP contribution in [0.2, 0.25) is 0 Å². The van der Waals surface area contributed by atoms with Gasteiger partial charge in [0.1, 0.15) is 6.61 Å². The molecule has 1 unspecified atom stereocenters. The Bertz CT molecular complexity index is 150. The average Bonchev–Trinajstić information content (AvgIpc) is 2.15. The molecule has 0 aromatic carbocycles. The van der Waals surface area contributed by atoms with Crippen LogP contribution in [0.25, 0.3) is 0 Å². The molecule has 0 rings (SSSR count). The van der Waals surface area contributed by atoms with E-state index < -0.39 is 12.8 Å². The van der Waals surface area contributed by atoms with Crippen LogP contribution in [0.15, 0.2) is 0 Å². The van der Waals surface area contributed by atoms with Gasteiger partial charge in [-0.1, -0.05) is 19.8 Å². The van der Waals surface area contributed by atoms with Crippen molar-refractivity contribution >= 4 is 0 Å². The van der Waals surface area contributed by atoms with Crippen molar-refractivity contribution < 1.29 is 17.9 Å². The smallest absolute Gasteiger partial charge is 0.372 e. The lowest BCUT2D eigenvalue weighted by Crippen LogP contribution is -2.27. The fraction of sp³-hybridized carbons (Fsp3) is 1.00. The number of rotatable bonds is 8. The lowest BCUT2D eigenvalue weighted by Gasteiger charge is -2.16. The molecule has 2 nitrogen and oxygen atoms in total. The second-order valence-electron chi connectivity index (χ2n) is 3.58. The van der Waals surface area contributed by atoms with Crippen molar-refractivity contribution in [2.24, 2.45) is 0 Å². The monoisotopic (exact) mass is 227 g/mol. The first-order chi connectivity index (χ1) is 6.99. The van der Waals surface area contributed by atoms with Gasteiger partial charge in [0.2, 0.25) is 0 Å². The minimum Gasteiger partial charge on any atom is -0.372 e. The third kappa shape index (κ3) is 10.0. The lowest BCUT2D eigenvalue weighted by atomic mass is 10.1.